The van der Waals surface area contributed by atoms with Crippen molar-refractivity contribution in [2.75, 3.05) is 33.9 Å². The van der Waals surface area contributed by atoms with Crippen LogP contribution in [0, 0.1) is 18.4 Å². The molecular formula is C19H28CsNO4. The summed E-state index contributed by atoms with van der Waals surface area (Å²) in [7, 11) is 3.83. The molecule has 3 rings (SSSR count). The van der Waals surface area contributed by atoms with Gasteiger partial charge in [0.1, 0.15) is 17.2 Å². The minimum absolute atomic E-state index is 0. The van der Waals surface area contributed by atoms with E-state index in [-0.39, 0.29) is 75.2 Å². The number of methoxy groups -OCH3 is 1. The van der Waals surface area contributed by atoms with E-state index in [1.165, 1.54) is 12.8 Å². The Balaban J connectivity index is 0.00000225. The molecule has 0 radical (unpaired) electrons. The van der Waals surface area contributed by atoms with Gasteiger partial charge in [0.15, 0.2) is 6.29 Å². The van der Waals surface area contributed by atoms with Crippen LogP contribution < -0.4 is 83.1 Å². The molecule has 2 aliphatic heterocycles. The van der Waals surface area contributed by atoms with Crippen molar-refractivity contribution in [1.82, 2.24) is 4.90 Å². The van der Waals surface area contributed by atoms with Crippen LogP contribution in [0.3, 0.4) is 0 Å². The maximum Gasteiger partial charge on any atom is 1.00 e. The zero-order valence-corrected chi connectivity index (χ0v) is 22.1. The first-order valence-corrected chi connectivity index (χ1v) is 8.78. The van der Waals surface area contributed by atoms with Gasteiger partial charge in [-0.05, 0) is 45.3 Å². The fourth-order valence-corrected chi connectivity index (χ4v) is 3.12. The topological polar surface area (TPSA) is 40.2 Å². The predicted molar refractivity (Wildman–Crippen MR) is 92.3 cm³/mol. The van der Waals surface area contributed by atoms with Crippen LogP contribution in [0.2, 0.25) is 0 Å². The van der Waals surface area contributed by atoms with E-state index in [0.29, 0.717) is 11.8 Å². The Morgan fingerprint density at radius 3 is 2.48 bits per heavy atom. The first kappa shape index (κ1) is 21.9. The van der Waals surface area contributed by atoms with Crippen molar-refractivity contribution in [3.8, 4) is 17.2 Å². The second-order valence-electron chi connectivity index (χ2n) is 6.93. The van der Waals surface area contributed by atoms with E-state index >= 15 is 0 Å². The van der Waals surface area contributed by atoms with Crippen LogP contribution in [0.15, 0.2) is 18.2 Å². The molecule has 2 saturated heterocycles. The Morgan fingerprint density at radius 1 is 1.16 bits per heavy atom. The maximum absolute atomic E-state index is 6.02. The zero-order valence-electron chi connectivity index (χ0n) is 15.9. The van der Waals surface area contributed by atoms with Gasteiger partial charge < -0.3 is 23.8 Å². The number of piperidine rings is 1. The normalized spacial score (nSPS) is 24.6. The molecule has 0 aromatic heterocycles. The second kappa shape index (κ2) is 10.8. The molecule has 0 N–H and O–H groups in total. The van der Waals surface area contributed by atoms with Gasteiger partial charge in [0.05, 0.1) is 13.7 Å². The number of hydrogen-bond acceptors (Lipinski definition) is 5. The summed E-state index contributed by atoms with van der Waals surface area (Å²) in [5.41, 5.74) is 0. The van der Waals surface area contributed by atoms with Crippen LogP contribution >= 0.6 is 0 Å². The molecule has 1 aromatic carbocycles. The molecule has 0 aliphatic carbocycles. The van der Waals surface area contributed by atoms with Crippen molar-refractivity contribution in [2.45, 2.75) is 32.5 Å². The summed E-state index contributed by atoms with van der Waals surface area (Å²) in [5, 5.41) is 0. The van der Waals surface area contributed by atoms with Crippen LogP contribution in [-0.4, -0.2) is 45.0 Å². The summed E-state index contributed by atoms with van der Waals surface area (Å²) in [6.45, 7) is 6.99. The standard InChI is InChI=1S/C19H28NO4.Cs/c1-14-8-19(23-12-14)24-18-10-16(21-3)9-17(11-18)22-13-15-4-6-20(2)7-5-15;/h9-12,14-15,19H,4-8,13H2,1-3H3;/q-1;+1/t14-,19?;/m1./s1. The number of ether oxygens (including phenoxy) is 4. The number of hydrogen-bond donors (Lipinski definition) is 0. The molecule has 0 amide bonds. The molecule has 1 unspecified atom stereocenters. The van der Waals surface area contributed by atoms with E-state index in [2.05, 4.69) is 18.9 Å². The van der Waals surface area contributed by atoms with Gasteiger partial charge in [-0.2, -0.15) is 0 Å². The second-order valence-corrected chi connectivity index (χ2v) is 6.93. The largest absolute Gasteiger partial charge is 1.00 e. The van der Waals surface area contributed by atoms with Gasteiger partial charge in [-0.1, -0.05) is 6.92 Å². The van der Waals surface area contributed by atoms with E-state index < -0.39 is 0 Å². The van der Waals surface area contributed by atoms with Crippen LogP contribution in [0.25, 0.3) is 0 Å². The third kappa shape index (κ3) is 6.92. The van der Waals surface area contributed by atoms with Gasteiger partial charge in [0.25, 0.3) is 0 Å². The van der Waals surface area contributed by atoms with Gasteiger partial charge in [-0.3, -0.25) is 0 Å². The van der Waals surface area contributed by atoms with Crippen LogP contribution in [0.1, 0.15) is 26.2 Å². The molecule has 0 saturated carbocycles. The summed E-state index contributed by atoms with van der Waals surface area (Å²) >= 11 is 0. The van der Waals surface area contributed by atoms with Crippen molar-refractivity contribution >= 4 is 0 Å². The number of likely N-dealkylation sites (tertiary alicyclic amines) is 1. The van der Waals surface area contributed by atoms with Crippen molar-refractivity contribution in [2.24, 2.45) is 11.8 Å². The van der Waals surface area contributed by atoms with E-state index in [4.69, 9.17) is 18.9 Å². The van der Waals surface area contributed by atoms with Crippen LogP contribution in [-0.2, 0) is 4.74 Å². The smallest absolute Gasteiger partial charge is 0.520 e. The molecule has 0 spiro atoms. The quantitative estimate of drug-likeness (QED) is 0.565. The molecule has 6 heteroatoms. The Labute approximate surface area is 210 Å². The Kier molecular flexibility index (Phi) is 9.46. The third-order valence-corrected chi connectivity index (χ3v) is 4.71. The summed E-state index contributed by atoms with van der Waals surface area (Å²) in [6.07, 6.45) is 3.01. The average molecular weight is 467 g/mol. The summed E-state index contributed by atoms with van der Waals surface area (Å²) in [6, 6.07) is 5.70. The molecule has 25 heavy (non-hydrogen) atoms. The van der Waals surface area contributed by atoms with E-state index in [1.807, 2.05) is 24.8 Å². The SMILES string of the molecule is COc1cc(OCC2CCN(C)CC2)cc(OC2C[C@@H](C)[CH-]O2)c1.[Cs+]. The molecule has 2 atom stereocenters. The monoisotopic (exact) mass is 467 g/mol. The first-order chi connectivity index (χ1) is 11.6. The van der Waals surface area contributed by atoms with Crippen molar-refractivity contribution in [3.63, 3.8) is 0 Å². The molecule has 5 nitrogen and oxygen atoms in total. The first-order valence-electron chi connectivity index (χ1n) is 8.78. The summed E-state index contributed by atoms with van der Waals surface area (Å²) < 4.78 is 22.8. The Hall–Kier alpha value is 0.592. The van der Waals surface area contributed by atoms with Crippen molar-refractivity contribution < 1.29 is 87.8 Å². The molecule has 134 valence electrons. The average Bonchev–Trinajstić information content (AvgIpc) is 2.99. The Morgan fingerprint density at radius 2 is 1.84 bits per heavy atom. The van der Waals surface area contributed by atoms with Gasteiger partial charge >= 0.3 is 68.9 Å². The van der Waals surface area contributed by atoms with E-state index in [0.717, 1.165) is 43.4 Å². The van der Waals surface area contributed by atoms with Gasteiger partial charge in [0, 0.05) is 18.2 Å². The maximum atomic E-state index is 6.02. The fourth-order valence-electron chi connectivity index (χ4n) is 3.12. The summed E-state index contributed by atoms with van der Waals surface area (Å²) in [4.78, 5) is 2.37. The third-order valence-electron chi connectivity index (χ3n) is 4.71. The predicted octanol–water partition coefficient (Wildman–Crippen LogP) is 0.343. The van der Waals surface area contributed by atoms with E-state index in [1.54, 1.807) is 7.11 Å². The molecule has 2 heterocycles. The Bertz CT molecular complexity index is 534. The van der Waals surface area contributed by atoms with Crippen LogP contribution in [0.4, 0.5) is 0 Å². The molecular weight excluding hydrogens is 439 g/mol. The molecule has 0 bridgehead atoms. The van der Waals surface area contributed by atoms with Gasteiger partial charge in [0.2, 0.25) is 0 Å². The molecule has 2 fully saturated rings. The zero-order chi connectivity index (χ0) is 16.9. The van der Waals surface area contributed by atoms with Crippen LogP contribution in [0.5, 0.6) is 17.2 Å². The number of benzene rings is 1. The van der Waals surface area contributed by atoms with Crippen molar-refractivity contribution in [1.29, 1.82) is 0 Å². The minimum atomic E-state index is -0.228. The van der Waals surface area contributed by atoms with Gasteiger partial charge in [-0.25, -0.2) is 6.61 Å². The van der Waals surface area contributed by atoms with Crippen molar-refractivity contribution in [3.05, 3.63) is 24.8 Å². The number of rotatable bonds is 6. The molecule has 2 aliphatic rings. The minimum Gasteiger partial charge on any atom is -0.520 e. The number of nitrogens with zero attached hydrogens (tertiary/aromatic N) is 1. The van der Waals surface area contributed by atoms with E-state index in [9.17, 15) is 0 Å². The summed E-state index contributed by atoms with van der Waals surface area (Å²) in [5.74, 6) is 3.28. The molecule has 1 aromatic rings. The van der Waals surface area contributed by atoms with Gasteiger partial charge in [-0.15, -0.1) is 5.92 Å². The fraction of sp³-hybridized carbons (Fsp3) is 0.632.